The minimum Gasteiger partial charge on any atom is -0.292 e. The molecule has 0 aromatic heterocycles. The van der Waals surface area contributed by atoms with E-state index in [1.807, 2.05) is 30.3 Å². The van der Waals surface area contributed by atoms with Crippen LogP contribution < -0.4 is 0 Å². The van der Waals surface area contributed by atoms with Gasteiger partial charge in [0.1, 0.15) is 11.8 Å². The first-order chi connectivity index (χ1) is 12.6. The first-order valence-electron chi connectivity index (χ1n) is 8.91. The molecule has 2 aromatic carbocycles. The summed E-state index contributed by atoms with van der Waals surface area (Å²) in [5, 5.41) is 0. The van der Waals surface area contributed by atoms with Gasteiger partial charge in [-0.15, -0.1) is 0 Å². The van der Waals surface area contributed by atoms with Crippen molar-refractivity contribution in [2.75, 3.05) is 13.1 Å². The Morgan fingerprint density at radius 3 is 2.23 bits per heavy atom. The monoisotopic (exact) mass is 458 g/mol. The second-order valence-electron chi connectivity index (χ2n) is 6.71. The molecule has 4 rings (SSSR count). The molecule has 1 aliphatic heterocycles. The van der Waals surface area contributed by atoms with E-state index in [-0.39, 0.29) is 11.6 Å². The number of piperidine rings is 1. The first-order valence-corrected chi connectivity index (χ1v) is 9.99. The van der Waals surface area contributed by atoms with Gasteiger partial charge >= 0.3 is 0 Å². The molecule has 4 nitrogen and oxygen atoms in total. The summed E-state index contributed by atoms with van der Waals surface area (Å²) in [7, 11) is 0. The third-order valence-corrected chi connectivity index (χ3v) is 5.73. The molecular formula is C21H19IN2O2. The normalized spacial score (nSPS) is 22.5. The number of carbonyl (C=O) groups is 2. The van der Waals surface area contributed by atoms with Crippen molar-refractivity contribution in [3.05, 3.63) is 63.2 Å². The second-order valence-corrected chi connectivity index (χ2v) is 7.96. The van der Waals surface area contributed by atoms with Crippen molar-refractivity contribution < 1.29 is 9.59 Å². The number of hydrogen-bond donors (Lipinski definition) is 0. The van der Waals surface area contributed by atoms with Crippen LogP contribution in [0.2, 0.25) is 0 Å². The van der Waals surface area contributed by atoms with Crippen molar-refractivity contribution in [2.45, 2.75) is 25.3 Å². The van der Waals surface area contributed by atoms with Gasteiger partial charge in [-0.25, -0.2) is 4.99 Å². The molecule has 2 aliphatic rings. The summed E-state index contributed by atoms with van der Waals surface area (Å²) in [5.74, 6) is -0.138. The number of rotatable bonds is 2. The number of fused-ring (bicyclic) bond motifs is 1. The van der Waals surface area contributed by atoms with Crippen LogP contribution in [0.5, 0.6) is 0 Å². The quantitative estimate of drug-likeness (QED) is 0.631. The molecule has 0 saturated carbocycles. The standard InChI is InChI=1S/C21H19IN2O2/c22-14-8-10-15(11-9-14)23-18-19(24-12-4-1-5-13-24)21(26)17-7-3-2-6-16(17)20(18)25/h2-3,6-11,19H,1,4-5,12-13H2. The third-order valence-electron chi connectivity index (χ3n) is 5.01. The number of likely N-dealkylation sites (tertiary alicyclic amines) is 1. The van der Waals surface area contributed by atoms with E-state index in [1.54, 1.807) is 18.2 Å². The lowest BCUT2D eigenvalue weighted by atomic mass is 9.83. The summed E-state index contributed by atoms with van der Waals surface area (Å²) in [6, 6.07) is 14.2. The average Bonchev–Trinajstić information content (AvgIpc) is 2.68. The van der Waals surface area contributed by atoms with E-state index < -0.39 is 6.04 Å². The largest absolute Gasteiger partial charge is 0.292 e. The van der Waals surface area contributed by atoms with Gasteiger partial charge in [-0.1, -0.05) is 30.7 Å². The maximum atomic E-state index is 13.2. The molecule has 26 heavy (non-hydrogen) atoms. The Kier molecular flexibility index (Phi) is 5.00. The van der Waals surface area contributed by atoms with Gasteiger partial charge in [-0.3, -0.25) is 14.5 Å². The predicted molar refractivity (Wildman–Crippen MR) is 111 cm³/mol. The van der Waals surface area contributed by atoms with Crippen molar-refractivity contribution in [3.63, 3.8) is 0 Å². The first kappa shape index (κ1) is 17.5. The Bertz CT molecular complexity index is 883. The van der Waals surface area contributed by atoms with E-state index in [0.717, 1.165) is 29.5 Å². The summed E-state index contributed by atoms with van der Waals surface area (Å²) in [6.45, 7) is 1.66. The van der Waals surface area contributed by atoms with E-state index in [0.29, 0.717) is 22.5 Å². The van der Waals surface area contributed by atoms with E-state index in [9.17, 15) is 9.59 Å². The number of halogens is 1. The Labute approximate surface area is 166 Å². The third kappa shape index (κ3) is 3.25. The van der Waals surface area contributed by atoms with Gasteiger partial charge in [0.15, 0.2) is 5.78 Å². The van der Waals surface area contributed by atoms with Crippen molar-refractivity contribution in [1.82, 2.24) is 4.90 Å². The van der Waals surface area contributed by atoms with Gasteiger partial charge in [0, 0.05) is 14.7 Å². The molecule has 1 unspecified atom stereocenters. The Morgan fingerprint density at radius 1 is 0.885 bits per heavy atom. The van der Waals surface area contributed by atoms with Crippen LogP contribution in [0.25, 0.3) is 0 Å². The molecule has 5 heteroatoms. The lowest BCUT2D eigenvalue weighted by molar-refractivity contribution is 0.0831. The Balaban J connectivity index is 1.83. The zero-order chi connectivity index (χ0) is 18.1. The molecule has 1 heterocycles. The van der Waals surface area contributed by atoms with E-state index in [4.69, 9.17) is 0 Å². The van der Waals surface area contributed by atoms with E-state index in [2.05, 4.69) is 32.5 Å². The molecule has 1 saturated heterocycles. The number of nitrogens with zero attached hydrogens (tertiary/aromatic N) is 2. The van der Waals surface area contributed by atoms with Crippen molar-refractivity contribution in [3.8, 4) is 0 Å². The van der Waals surface area contributed by atoms with Gasteiger partial charge in [0.05, 0.1) is 5.69 Å². The molecule has 0 amide bonds. The zero-order valence-electron chi connectivity index (χ0n) is 14.3. The molecule has 1 atom stereocenters. The fraction of sp³-hybridized carbons (Fsp3) is 0.286. The molecular weight excluding hydrogens is 439 g/mol. The summed E-state index contributed by atoms with van der Waals surface area (Å²) in [5.41, 5.74) is 2.06. The molecule has 1 fully saturated rings. The highest BCUT2D eigenvalue weighted by Gasteiger charge is 2.41. The maximum absolute atomic E-state index is 13.2. The zero-order valence-corrected chi connectivity index (χ0v) is 16.5. The molecule has 0 bridgehead atoms. The van der Waals surface area contributed by atoms with Crippen molar-refractivity contribution in [2.24, 2.45) is 4.99 Å². The van der Waals surface area contributed by atoms with Gasteiger partial charge in [-0.05, 0) is 72.8 Å². The van der Waals surface area contributed by atoms with Gasteiger partial charge in [0.2, 0.25) is 5.78 Å². The number of Topliss-reactive ketones (excluding diaryl/α,β-unsaturated/α-hetero) is 2. The topological polar surface area (TPSA) is 49.7 Å². The lowest BCUT2D eigenvalue weighted by Gasteiger charge is -2.36. The fourth-order valence-corrected chi connectivity index (χ4v) is 4.07. The molecule has 0 N–H and O–H groups in total. The van der Waals surface area contributed by atoms with Crippen molar-refractivity contribution in [1.29, 1.82) is 0 Å². The van der Waals surface area contributed by atoms with E-state index in [1.165, 1.54) is 6.42 Å². The van der Waals surface area contributed by atoms with Crippen LogP contribution in [-0.2, 0) is 0 Å². The minimum atomic E-state index is -0.572. The highest BCUT2D eigenvalue weighted by atomic mass is 127. The summed E-state index contributed by atoms with van der Waals surface area (Å²) < 4.78 is 1.11. The SMILES string of the molecule is O=C1C(=Nc2ccc(I)cc2)C(N2CCCCC2)C(=O)c2ccccc21. The van der Waals surface area contributed by atoms with Crippen LogP contribution in [0.4, 0.5) is 5.69 Å². The van der Waals surface area contributed by atoms with Crippen LogP contribution in [-0.4, -0.2) is 41.3 Å². The fourth-order valence-electron chi connectivity index (χ4n) is 3.71. The van der Waals surface area contributed by atoms with Crippen LogP contribution in [0.1, 0.15) is 40.0 Å². The maximum Gasteiger partial charge on any atom is 0.210 e. The molecule has 2 aromatic rings. The number of hydrogen-bond acceptors (Lipinski definition) is 4. The van der Waals surface area contributed by atoms with Crippen molar-refractivity contribution >= 4 is 45.6 Å². The van der Waals surface area contributed by atoms with Crippen LogP contribution in [0.15, 0.2) is 53.5 Å². The molecule has 0 spiro atoms. The Hall–Kier alpha value is -1.86. The molecule has 132 valence electrons. The summed E-state index contributed by atoms with van der Waals surface area (Å²) in [4.78, 5) is 33.2. The predicted octanol–water partition coefficient (Wildman–Crippen LogP) is 4.30. The lowest BCUT2D eigenvalue weighted by Crippen LogP contribution is -2.54. The molecule has 1 aliphatic carbocycles. The number of benzene rings is 2. The average molecular weight is 458 g/mol. The minimum absolute atomic E-state index is 0.00800. The van der Waals surface area contributed by atoms with E-state index >= 15 is 0 Å². The van der Waals surface area contributed by atoms with Crippen LogP contribution >= 0.6 is 22.6 Å². The number of ketones is 2. The van der Waals surface area contributed by atoms with Gasteiger partial charge < -0.3 is 0 Å². The van der Waals surface area contributed by atoms with Gasteiger partial charge in [-0.2, -0.15) is 0 Å². The van der Waals surface area contributed by atoms with Crippen LogP contribution in [0.3, 0.4) is 0 Å². The summed E-state index contributed by atoms with van der Waals surface area (Å²) >= 11 is 2.24. The smallest absolute Gasteiger partial charge is 0.210 e. The van der Waals surface area contributed by atoms with Crippen LogP contribution in [0, 0.1) is 3.57 Å². The Morgan fingerprint density at radius 2 is 1.54 bits per heavy atom. The molecule has 0 radical (unpaired) electrons. The highest BCUT2D eigenvalue weighted by molar-refractivity contribution is 14.1. The second kappa shape index (κ2) is 7.40. The highest BCUT2D eigenvalue weighted by Crippen LogP contribution is 2.27. The van der Waals surface area contributed by atoms with Gasteiger partial charge in [0.25, 0.3) is 0 Å². The number of carbonyl (C=O) groups excluding carboxylic acids is 2. The number of aliphatic imine (C=N–C) groups is 1. The summed E-state index contributed by atoms with van der Waals surface area (Å²) in [6.07, 6.45) is 3.28.